The van der Waals surface area contributed by atoms with E-state index in [9.17, 15) is 22.8 Å². The van der Waals surface area contributed by atoms with Gasteiger partial charge in [0.15, 0.2) is 17.3 Å². The van der Waals surface area contributed by atoms with Crippen LogP contribution in [0.25, 0.3) is 0 Å². The minimum atomic E-state index is -4.44. The first kappa shape index (κ1) is 23.8. The molecule has 28 heavy (non-hydrogen) atoms. The minimum absolute atomic E-state index is 0.0204. The molecule has 158 valence electrons. The second kappa shape index (κ2) is 9.80. The molecular formula is C20H28F3NO4. The van der Waals surface area contributed by atoms with Gasteiger partial charge in [-0.05, 0) is 37.0 Å². The lowest BCUT2D eigenvalue weighted by Gasteiger charge is -2.30. The molecule has 5 nitrogen and oxygen atoms in total. The third kappa shape index (κ3) is 8.63. The summed E-state index contributed by atoms with van der Waals surface area (Å²) in [7, 11) is 1.44. The smallest absolute Gasteiger partial charge is 0.406 e. The summed E-state index contributed by atoms with van der Waals surface area (Å²) < 4.78 is 49.1. The van der Waals surface area contributed by atoms with E-state index >= 15 is 0 Å². The molecule has 0 radical (unpaired) electrons. The predicted octanol–water partition coefficient (Wildman–Crippen LogP) is 4.49. The van der Waals surface area contributed by atoms with Gasteiger partial charge in [0.1, 0.15) is 6.54 Å². The average Bonchev–Trinajstić information content (AvgIpc) is 2.55. The second-order valence-electron chi connectivity index (χ2n) is 7.80. The molecule has 1 aromatic carbocycles. The number of benzene rings is 1. The predicted molar refractivity (Wildman–Crippen MR) is 99.8 cm³/mol. The van der Waals surface area contributed by atoms with E-state index in [2.05, 4.69) is 0 Å². The van der Waals surface area contributed by atoms with Crippen molar-refractivity contribution in [3.8, 4) is 11.5 Å². The van der Waals surface area contributed by atoms with Crippen LogP contribution in [0.4, 0.5) is 13.2 Å². The minimum Gasteiger partial charge on any atom is -0.493 e. The molecule has 0 spiro atoms. The molecule has 0 aliphatic rings. The highest BCUT2D eigenvalue weighted by molar-refractivity contribution is 5.94. The van der Waals surface area contributed by atoms with Crippen LogP contribution in [0.3, 0.4) is 0 Å². The van der Waals surface area contributed by atoms with Gasteiger partial charge in [-0.3, -0.25) is 9.59 Å². The molecule has 0 heterocycles. The van der Waals surface area contributed by atoms with Crippen LogP contribution in [-0.4, -0.2) is 49.6 Å². The Balaban J connectivity index is 2.63. The molecule has 0 saturated carbocycles. The maximum atomic E-state index is 12.8. The molecule has 1 aromatic rings. The van der Waals surface area contributed by atoms with Crippen molar-refractivity contribution in [1.82, 2.24) is 4.90 Å². The molecule has 8 heteroatoms. The zero-order valence-corrected chi connectivity index (χ0v) is 17.0. The number of methoxy groups -OCH3 is 1. The van der Waals surface area contributed by atoms with Crippen molar-refractivity contribution in [2.24, 2.45) is 5.41 Å². The number of halogens is 3. The summed E-state index contributed by atoms with van der Waals surface area (Å²) in [6.07, 6.45) is -4.24. The van der Waals surface area contributed by atoms with E-state index in [0.29, 0.717) is 17.1 Å². The van der Waals surface area contributed by atoms with E-state index in [-0.39, 0.29) is 31.8 Å². The standard InChI is InChI=1S/C20H28F3NO4/c1-14(25)15-8-9-16(17(11-15)27-5)28-10-6-7-18(26)24(12-19(2,3)4)13-20(21,22)23/h8-9,11H,6-7,10,12-13H2,1-5H3. The van der Waals surface area contributed by atoms with Crippen LogP contribution in [0.2, 0.25) is 0 Å². The molecule has 0 saturated heterocycles. The van der Waals surface area contributed by atoms with Gasteiger partial charge in [0.2, 0.25) is 5.91 Å². The molecule has 0 aliphatic carbocycles. The largest absolute Gasteiger partial charge is 0.493 e. The lowest BCUT2D eigenvalue weighted by molar-refractivity contribution is -0.163. The summed E-state index contributed by atoms with van der Waals surface area (Å²) in [5.41, 5.74) is 0.0350. The Hall–Kier alpha value is -2.25. The second-order valence-corrected chi connectivity index (χ2v) is 7.80. The van der Waals surface area contributed by atoms with E-state index in [4.69, 9.17) is 9.47 Å². The molecule has 1 rings (SSSR count). The van der Waals surface area contributed by atoms with Crippen molar-refractivity contribution in [1.29, 1.82) is 0 Å². The zero-order valence-electron chi connectivity index (χ0n) is 17.0. The SMILES string of the molecule is COc1cc(C(C)=O)ccc1OCCCC(=O)N(CC(C)(C)C)CC(F)(F)F. The number of ketones is 1. The van der Waals surface area contributed by atoms with Crippen LogP contribution < -0.4 is 9.47 Å². The molecule has 1 amide bonds. The van der Waals surface area contributed by atoms with Gasteiger partial charge in [0, 0.05) is 18.5 Å². The number of alkyl halides is 3. The number of hydrogen-bond donors (Lipinski definition) is 0. The van der Waals surface area contributed by atoms with Crippen molar-refractivity contribution >= 4 is 11.7 Å². The number of ether oxygens (including phenoxy) is 2. The average molecular weight is 403 g/mol. The normalized spacial score (nSPS) is 11.9. The number of hydrogen-bond acceptors (Lipinski definition) is 4. The highest BCUT2D eigenvalue weighted by Crippen LogP contribution is 2.28. The van der Waals surface area contributed by atoms with Gasteiger partial charge in [-0.1, -0.05) is 20.8 Å². The third-order valence-electron chi connectivity index (χ3n) is 3.75. The van der Waals surface area contributed by atoms with Crippen molar-refractivity contribution < 1.29 is 32.2 Å². The topological polar surface area (TPSA) is 55.8 Å². The molecule has 0 bridgehead atoms. The van der Waals surface area contributed by atoms with Gasteiger partial charge in [0.25, 0.3) is 0 Å². The fourth-order valence-corrected chi connectivity index (χ4v) is 2.59. The van der Waals surface area contributed by atoms with Crippen LogP contribution in [0.15, 0.2) is 18.2 Å². The first-order valence-corrected chi connectivity index (χ1v) is 8.99. The van der Waals surface area contributed by atoms with Crippen LogP contribution in [-0.2, 0) is 4.79 Å². The summed E-state index contributed by atoms with van der Waals surface area (Å²) in [6.45, 7) is 5.68. The van der Waals surface area contributed by atoms with Gasteiger partial charge in [0.05, 0.1) is 13.7 Å². The van der Waals surface area contributed by atoms with Crippen LogP contribution in [0.1, 0.15) is 50.9 Å². The van der Waals surface area contributed by atoms with E-state index in [0.717, 1.165) is 4.90 Å². The first-order valence-electron chi connectivity index (χ1n) is 8.99. The molecule has 0 unspecified atom stereocenters. The van der Waals surface area contributed by atoms with Gasteiger partial charge >= 0.3 is 6.18 Å². The fourth-order valence-electron chi connectivity index (χ4n) is 2.59. The molecule has 0 aromatic heterocycles. The van der Waals surface area contributed by atoms with E-state index in [1.807, 2.05) is 0 Å². The van der Waals surface area contributed by atoms with Crippen molar-refractivity contribution in [2.45, 2.75) is 46.7 Å². The van der Waals surface area contributed by atoms with Crippen LogP contribution in [0, 0.1) is 5.41 Å². The molecule has 0 aliphatic heterocycles. The van der Waals surface area contributed by atoms with Crippen LogP contribution >= 0.6 is 0 Å². The van der Waals surface area contributed by atoms with E-state index in [1.165, 1.54) is 14.0 Å². The number of Topliss-reactive ketones (excluding diaryl/α,β-unsaturated/α-hetero) is 1. The van der Waals surface area contributed by atoms with Crippen molar-refractivity contribution in [3.63, 3.8) is 0 Å². The number of amides is 1. The quantitative estimate of drug-likeness (QED) is 0.450. The first-order chi connectivity index (χ1) is 12.8. The van der Waals surface area contributed by atoms with Crippen LogP contribution in [0.5, 0.6) is 11.5 Å². The number of rotatable bonds is 9. The number of carbonyl (C=O) groups excluding carboxylic acids is 2. The Bertz CT molecular complexity index is 665. The fraction of sp³-hybridized carbons (Fsp3) is 0.600. The van der Waals surface area contributed by atoms with Gasteiger partial charge in [-0.15, -0.1) is 0 Å². The summed E-state index contributed by atoms with van der Waals surface area (Å²) in [5.74, 6) is 0.112. The zero-order chi connectivity index (χ0) is 21.5. The van der Waals surface area contributed by atoms with Crippen molar-refractivity contribution in [3.05, 3.63) is 23.8 Å². The molecule has 0 atom stereocenters. The summed E-state index contributed by atoms with van der Waals surface area (Å²) >= 11 is 0. The third-order valence-corrected chi connectivity index (χ3v) is 3.75. The Morgan fingerprint density at radius 1 is 1.07 bits per heavy atom. The Kier molecular flexibility index (Phi) is 8.32. The van der Waals surface area contributed by atoms with Gasteiger partial charge in [-0.2, -0.15) is 13.2 Å². The maximum Gasteiger partial charge on any atom is 0.406 e. The van der Waals surface area contributed by atoms with Gasteiger partial charge < -0.3 is 14.4 Å². The molecule has 0 fully saturated rings. The summed E-state index contributed by atoms with van der Waals surface area (Å²) in [6, 6.07) is 4.74. The Labute approximate surface area is 163 Å². The Morgan fingerprint density at radius 3 is 2.21 bits per heavy atom. The van der Waals surface area contributed by atoms with E-state index in [1.54, 1.807) is 39.0 Å². The monoisotopic (exact) mass is 403 g/mol. The number of carbonyl (C=O) groups is 2. The maximum absolute atomic E-state index is 12.8. The summed E-state index contributed by atoms with van der Waals surface area (Å²) in [5, 5.41) is 0. The van der Waals surface area contributed by atoms with Gasteiger partial charge in [-0.25, -0.2) is 0 Å². The summed E-state index contributed by atoms with van der Waals surface area (Å²) in [4.78, 5) is 24.5. The highest BCUT2D eigenvalue weighted by atomic mass is 19.4. The lowest BCUT2D eigenvalue weighted by atomic mass is 9.96. The Morgan fingerprint density at radius 2 is 1.71 bits per heavy atom. The molecular weight excluding hydrogens is 375 g/mol. The highest BCUT2D eigenvalue weighted by Gasteiger charge is 2.34. The van der Waals surface area contributed by atoms with E-state index < -0.39 is 24.0 Å². The lowest BCUT2D eigenvalue weighted by Crippen LogP contribution is -2.43. The number of nitrogens with zero attached hydrogens (tertiary/aromatic N) is 1. The van der Waals surface area contributed by atoms with Crippen molar-refractivity contribution in [2.75, 3.05) is 26.8 Å². The molecule has 0 N–H and O–H groups in total.